The molecule has 1 aliphatic rings. The van der Waals surface area contributed by atoms with Crippen molar-refractivity contribution in [1.29, 1.82) is 0 Å². The first kappa shape index (κ1) is 14.0. The number of likely N-dealkylation sites (tertiary alicyclic amines) is 1. The van der Waals surface area contributed by atoms with E-state index in [4.69, 9.17) is 9.84 Å². The minimum Gasteiger partial charge on any atom is -0.480 e. The summed E-state index contributed by atoms with van der Waals surface area (Å²) in [5.41, 5.74) is -0.544. The number of carboxylic acid groups (broad SMARTS) is 1. The van der Waals surface area contributed by atoms with Crippen molar-refractivity contribution in [3.63, 3.8) is 0 Å². The fourth-order valence-electron chi connectivity index (χ4n) is 2.02. The van der Waals surface area contributed by atoms with Crippen molar-refractivity contribution in [2.45, 2.75) is 51.2 Å². The molecule has 1 fully saturated rings. The summed E-state index contributed by atoms with van der Waals surface area (Å²) < 4.78 is 5.20. The van der Waals surface area contributed by atoms with E-state index in [1.54, 1.807) is 7.11 Å². The number of carboxylic acids is 1. The molecule has 0 unspecified atom stereocenters. The normalized spacial score (nSPS) is 21.4. The average molecular weight is 243 g/mol. The lowest BCUT2D eigenvalue weighted by Gasteiger charge is -2.35. The number of ether oxygens (including phenoxy) is 1. The lowest BCUT2D eigenvalue weighted by molar-refractivity contribution is -0.154. The Hall–Kier alpha value is -1.10. The molecule has 0 aromatic rings. The molecule has 5 heteroatoms. The zero-order valence-corrected chi connectivity index (χ0v) is 10.7. The van der Waals surface area contributed by atoms with Gasteiger partial charge in [0.05, 0.1) is 12.0 Å². The number of rotatable bonds is 4. The number of methoxy groups -OCH3 is 1. The van der Waals surface area contributed by atoms with Gasteiger partial charge in [-0.1, -0.05) is 0 Å². The fraction of sp³-hybridized carbons (Fsp3) is 0.833. The number of hydrogen-bond donors (Lipinski definition) is 1. The Morgan fingerprint density at radius 2 is 2.06 bits per heavy atom. The monoisotopic (exact) mass is 243 g/mol. The van der Waals surface area contributed by atoms with Crippen LogP contribution in [-0.4, -0.2) is 47.2 Å². The predicted octanol–water partition coefficient (Wildman–Crippen LogP) is 1.27. The summed E-state index contributed by atoms with van der Waals surface area (Å²) in [4.78, 5) is 24.6. The molecule has 0 aromatic heterocycles. The summed E-state index contributed by atoms with van der Waals surface area (Å²) in [6.07, 6.45) is 2.51. The summed E-state index contributed by atoms with van der Waals surface area (Å²) in [6, 6.07) is -0.663. The van der Waals surface area contributed by atoms with Crippen LogP contribution in [0.15, 0.2) is 0 Å². The molecule has 1 heterocycles. The summed E-state index contributed by atoms with van der Waals surface area (Å²) in [5.74, 6) is -1.04. The first-order valence-electron chi connectivity index (χ1n) is 5.95. The van der Waals surface area contributed by atoms with Crippen LogP contribution in [0.2, 0.25) is 0 Å². The Morgan fingerprint density at radius 1 is 1.41 bits per heavy atom. The molecule has 98 valence electrons. The van der Waals surface area contributed by atoms with E-state index in [0.717, 1.165) is 12.8 Å². The second-order valence-corrected chi connectivity index (χ2v) is 5.08. The highest BCUT2D eigenvalue weighted by molar-refractivity contribution is 5.84. The van der Waals surface area contributed by atoms with E-state index < -0.39 is 17.6 Å². The van der Waals surface area contributed by atoms with Crippen molar-refractivity contribution >= 4 is 11.9 Å². The second kappa shape index (κ2) is 5.49. The van der Waals surface area contributed by atoms with Crippen LogP contribution in [0, 0.1) is 0 Å². The van der Waals surface area contributed by atoms with E-state index in [2.05, 4.69) is 0 Å². The van der Waals surface area contributed by atoms with Crippen LogP contribution in [0.1, 0.15) is 39.5 Å². The summed E-state index contributed by atoms with van der Waals surface area (Å²) in [6.45, 7) is 4.19. The summed E-state index contributed by atoms with van der Waals surface area (Å²) in [5, 5.41) is 9.09. The van der Waals surface area contributed by atoms with Crippen molar-refractivity contribution in [3.8, 4) is 0 Å². The Balaban J connectivity index is 2.69. The maximum absolute atomic E-state index is 12.1. The first-order chi connectivity index (χ1) is 7.87. The quantitative estimate of drug-likeness (QED) is 0.807. The van der Waals surface area contributed by atoms with Crippen molar-refractivity contribution in [3.05, 3.63) is 0 Å². The van der Waals surface area contributed by atoms with Gasteiger partial charge in [0, 0.05) is 13.7 Å². The largest absolute Gasteiger partial charge is 0.480 e. The Bertz CT molecular complexity index is 301. The van der Waals surface area contributed by atoms with Crippen molar-refractivity contribution in [2.75, 3.05) is 13.7 Å². The van der Waals surface area contributed by atoms with E-state index >= 15 is 0 Å². The Kier molecular flexibility index (Phi) is 4.51. The molecule has 5 nitrogen and oxygen atoms in total. The smallest absolute Gasteiger partial charge is 0.326 e. The average Bonchev–Trinajstić information content (AvgIpc) is 2.28. The van der Waals surface area contributed by atoms with Gasteiger partial charge in [0.25, 0.3) is 0 Å². The summed E-state index contributed by atoms with van der Waals surface area (Å²) in [7, 11) is 1.55. The molecular formula is C12H21NO4. The molecule has 0 aromatic carbocycles. The Labute approximate surface area is 102 Å². The molecule has 17 heavy (non-hydrogen) atoms. The van der Waals surface area contributed by atoms with E-state index in [9.17, 15) is 9.59 Å². The second-order valence-electron chi connectivity index (χ2n) is 5.08. The third-order valence-electron chi connectivity index (χ3n) is 3.24. The molecule has 1 saturated heterocycles. The predicted molar refractivity (Wildman–Crippen MR) is 62.7 cm³/mol. The van der Waals surface area contributed by atoms with E-state index in [1.807, 2.05) is 13.8 Å². The highest BCUT2D eigenvalue weighted by atomic mass is 16.5. The van der Waals surface area contributed by atoms with Gasteiger partial charge in [-0.15, -0.1) is 0 Å². The number of piperidine rings is 1. The standard InChI is InChI=1S/C12H21NO4/c1-12(2,17-3)8-10(14)13-7-5-4-6-9(13)11(15)16/h9H,4-8H2,1-3H3,(H,15,16)/t9-/m0/s1. The van der Waals surface area contributed by atoms with E-state index in [0.29, 0.717) is 13.0 Å². The molecule has 0 saturated carbocycles. The van der Waals surface area contributed by atoms with Crippen LogP contribution in [-0.2, 0) is 14.3 Å². The molecule has 1 atom stereocenters. The zero-order valence-electron chi connectivity index (χ0n) is 10.7. The molecular weight excluding hydrogens is 222 g/mol. The number of hydrogen-bond acceptors (Lipinski definition) is 3. The van der Waals surface area contributed by atoms with Crippen LogP contribution >= 0.6 is 0 Å². The SMILES string of the molecule is COC(C)(C)CC(=O)N1CCCC[C@H]1C(=O)O. The fourth-order valence-corrected chi connectivity index (χ4v) is 2.02. The van der Waals surface area contributed by atoms with Crippen molar-refractivity contribution < 1.29 is 19.4 Å². The van der Waals surface area contributed by atoms with Crippen molar-refractivity contribution in [1.82, 2.24) is 4.90 Å². The van der Waals surface area contributed by atoms with Gasteiger partial charge in [-0.3, -0.25) is 4.79 Å². The lowest BCUT2D eigenvalue weighted by atomic mass is 9.98. The minimum atomic E-state index is -0.909. The third kappa shape index (κ3) is 3.70. The van der Waals surface area contributed by atoms with Gasteiger partial charge in [-0.2, -0.15) is 0 Å². The molecule has 1 rings (SSSR count). The number of carbonyl (C=O) groups excluding carboxylic acids is 1. The number of aliphatic carboxylic acids is 1. The van der Waals surface area contributed by atoms with E-state index in [1.165, 1.54) is 4.90 Å². The van der Waals surface area contributed by atoms with Crippen LogP contribution in [0.3, 0.4) is 0 Å². The van der Waals surface area contributed by atoms with Crippen LogP contribution in [0.4, 0.5) is 0 Å². The maximum atomic E-state index is 12.1. The molecule has 1 amide bonds. The minimum absolute atomic E-state index is 0.135. The summed E-state index contributed by atoms with van der Waals surface area (Å²) >= 11 is 0. The number of amides is 1. The zero-order chi connectivity index (χ0) is 13.1. The maximum Gasteiger partial charge on any atom is 0.326 e. The highest BCUT2D eigenvalue weighted by Gasteiger charge is 2.34. The number of nitrogens with zero attached hydrogens (tertiary/aromatic N) is 1. The first-order valence-corrected chi connectivity index (χ1v) is 5.95. The lowest BCUT2D eigenvalue weighted by Crippen LogP contribution is -2.49. The van der Waals surface area contributed by atoms with Crippen LogP contribution in [0.5, 0.6) is 0 Å². The van der Waals surface area contributed by atoms with Crippen LogP contribution < -0.4 is 0 Å². The molecule has 0 aliphatic carbocycles. The Morgan fingerprint density at radius 3 is 2.59 bits per heavy atom. The highest BCUT2D eigenvalue weighted by Crippen LogP contribution is 2.21. The molecule has 1 N–H and O–H groups in total. The number of carbonyl (C=O) groups is 2. The van der Waals surface area contributed by atoms with E-state index in [-0.39, 0.29) is 12.3 Å². The van der Waals surface area contributed by atoms with Gasteiger partial charge in [0.1, 0.15) is 6.04 Å². The molecule has 0 radical (unpaired) electrons. The molecule has 0 spiro atoms. The topological polar surface area (TPSA) is 66.8 Å². The molecule has 1 aliphatic heterocycles. The van der Waals surface area contributed by atoms with Gasteiger partial charge in [0.15, 0.2) is 0 Å². The van der Waals surface area contributed by atoms with Gasteiger partial charge >= 0.3 is 5.97 Å². The third-order valence-corrected chi connectivity index (χ3v) is 3.24. The van der Waals surface area contributed by atoms with Gasteiger partial charge < -0.3 is 14.7 Å². The van der Waals surface area contributed by atoms with Gasteiger partial charge in [0.2, 0.25) is 5.91 Å². The van der Waals surface area contributed by atoms with Gasteiger partial charge in [-0.25, -0.2) is 4.79 Å². The molecule has 0 bridgehead atoms. The van der Waals surface area contributed by atoms with Crippen molar-refractivity contribution in [2.24, 2.45) is 0 Å². The van der Waals surface area contributed by atoms with Gasteiger partial charge in [-0.05, 0) is 33.1 Å². The van der Waals surface area contributed by atoms with Crippen LogP contribution in [0.25, 0.3) is 0 Å².